The van der Waals surface area contributed by atoms with Crippen molar-refractivity contribution in [1.29, 1.82) is 0 Å². The van der Waals surface area contributed by atoms with Crippen molar-refractivity contribution in [3.05, 3.63) is 59.8 Å². The van der Waals surface area contributed by atoms with Gasteiger partial charge >= 0.3 is 0 Å². The maximum absolute atomic E-state index is 12.1. The van der Waals surface area contributed by atoms with E-state index in [4.69, 9.17) is 10.5 Å². The van der Waals surface area contributed by atoms with Crippen molar-refractivity contribution in [1.82, 2.24) is 10.3 Å². The van der Waals surface area contributed by atoms with Gasteiger partial charge in [-0.2, -0.15) is 0 Å². The molecular formula is C20H28Cl2N4O2. The zero-order valence-electron chi connectivity index (χ0n) is 15.9. The Morgan fingerprint density at radius 1 is 1.29 bits per heavy atom. The Labute approximate surface area is 178 Å². The van der Waals surface area contributed by atoms with Crippen LogP contribution in [0.4, 0.5) is 5.82 Å². The van der Waals surface area contributed by atoms with E-state index in [1.165, 1.54) is 0 Å². The number of pyridine rings is 1. The minimum Gasteiger partial charge on any atom is -0.375 e. The lowest BCUT2D eigenvalue weighted by molar-refractivity contribution is -0.121. The van der Waals surface area contributed by atoms with E-state index < -0.39 is 0 Å². The van der Waals surface area contributed by atoms with Crippen LogP contribution in [0.25, 0.3) is 0 Å². The van der Waals surface area contributed by atoms with Gasteiger partial charge in [0.05, 0.1) is 12.7 Å². The predicted octanol–water partition coefficient (Wildman–Crippen LogP) is 2.86. The van der Waals surface area contributed by atoms with Gasteiger partial charge in [0.15, 0.2) is 0 Å². The number of nitrogens with two attached hydrogens (primary N) is 1. The van der Waals surface area contributed by atoms with Crippen LogP contribution in [0, 0.1) is 0 Å². The molecule has 1 fully saturated rings. The highest BCUT2D eigenvalue weighted by atomic mass is 35.5. The molecule has 6 nitrogen and oxygen atoms in total. The van der Waals surface area contributed by atoms with E-state index in [1.54, 1.807) is 0 Å². The molecule has 0 spiro atoms. The summed E-state index contributed by atoms with van der Waals surface area (Å²) in [4.78, 5) is 18.9. The average Bonchev–Trinajstić information content (AvgIpc) is 2.67. The molecule has 8 heteroatoms. The third-order valence-electron chi connectivity index (χ3n) is 4.50. The van der Waals surface area contributed by atoms with Gasteiger partial charge in [-0.25, -0.2) is 4.98 Å². The van der Waals surface area contributed by atoms with Gasteiger partial charge < -0.3 is 20.7 Å². The molecule has 0 saturated carbocycles. The smallest absolute Gasteiger partial charge is 0.222 e. The molecule has 1 saturated heterocycles. The molecule has 2 atom stereocenters. The number of aromatic nitrogens is 1. The topological polar surface area (TPSA) is 80.5 Å². The number of morpholine rings is 1. The molecule has 3 N–H and O–H groups in total. The summed E-state index contributed by atoms with van der Waals surface area (Å²) in [5.41, 5.74) is 8.02. The van der Waals surface area contributed by atoms with Gasteiger partial charge in [0.25, 0.3) is 0 Å². The largest absolute Gasteiger partial charge is 0.375 e. The van der Waals surface area contributed by atoms with Gasteiger partial charge in [-0.3, -0.25) is 4.79 Å². The first kappa shape index (κ1) is 24.2. The maximum atomic E-state index is 12.1. The van der Waals surface area contributed by atoms with Gasteiger partial charge in [-0.1, -0.05) is 36.4 Å². The first-order chi connectivity index (χ1) is 12.6. The van der Waals surface area contributed by atoms with E-state index in [-0.39, 0.29) is 49.3 Å². The third kappa shape index (κ3) is 6.95. The normalized spacial score (nSPS) is 17.1. The molecule has 1 aliphatic rings. The van der Waals surface area contributed by atoms with Crippen LogP contribution in [0.5, 0.6) is 0 Å². The molecule has 1 amide bonds. The summed E-state index contributed by atoms with van der Waals surface area (Å²) in [5.74, 6) is 0.883. The molecule has 2 heterocycles. The van der Waals surface area contributed by atoms with Gasteiger partial charge in [-0.05, 0) is 24.1 Å². The van der Waals surface area contributed by atoms with E-state index in [1.807, 2.05) is 48.7 Å². The summed E-state index contributed by atoms with van der Waals surface area (Å²) in [6, 6.07) is 13.4. The highest BCUT2D eigenvalue weighted by molar-refractivity contribution is 5.85. The van der Waals surface area contributed by atoms with Crippen LogP contribution in [0.3, 0.4) is 0 Å². The lowest BCUT2D eigenvalue weighted by Gasteiger charge is -2.32. The van der Waals surface area contributed by atoms with Crippen LogP contribution >= 0.6 is 24.8 Å². The van der Waals surface area contributed by atoms with Gasteiger partial charge in [0, 0.05) is 38.3 Å². The molecule has 3 rings (SSSR count). The number of nitrogens with one attached hydrogen (secondary N) is 1. The summed E-state index contributed by atoms with van der Waals surface area (Å²) < 4.78 is 5.55. The summed E-state index contributed by atoms with van der Waals surface area (Å²) >= 11 is 0. The fourth-order valence-electron chi connectivity index (χ4n) is 3.03. The van der Waals surface area contributed by atoms with Gasteiger partial charge in [0.1, 0.15) is 5.82 Å². The fourth-order valence-corrected chi connectivity index (χ4v) is 3.03. The van der Waals surface area contributed by atoms with Gasteiger partial charge in [-0.15, -0.1) is 24.8 Å². The van der Waals surface area contributed by atoms with Crippen molar-refractivity contribution in [3.8, 4) is 0 Å². The molecule has 2 aromatic rings. The van der Waals surface area contributed by atoms with E-state index in [0.29, 0.717) is 6.54 Å². The minimum absolute atomic E-state index is 0. The van der Waals surface area contributed by atoms with Crippen molar-refractivity contribution < 1.29 is 9.53 Å². The molecule has 1 aliphatic heterocycles. The Balaban J connectivity index is 0.00000196. The average molecular weight is 427 g/mol. The molecule has 1 aromatic heterocycles. The molecule has 28 heavy (non-hydrogen) atoms. The Kier molecular flexibility index (Phi) is 10.2. The zero-order chi connectivity index (χ0) is 18.4. The van der Waals surface area contributed by atoms with Crippen molar-refractivity contribution in [2.45, 2.75) is 32.0 Å². The Bertz CT molecular complexity index is 716. The number of anilines is 1. The molecule has 2 unspecified atom stereocenters. The number of rotatable bonds is 6. The molecule has 0 radical (unpaired) electrons. The number of carbonyl (C=O) groups is 1. The highest BCUT2D eigenvalue weighted by Crippen LogP contribution is 2.16. The number of nitrogens with zero attached hydrogens (tertiary/aromatic N) is 2. The summed E-state index contributed by atoms with van der Waals surface area (Å²) in [7, 11) is 0. The standard InChI is InChI=1S/C20H26N4O2.2ClH/c1-15-14-24(9-10-26-15)19-8-7-16(12-22-19)13-23-20(25)11-18(21)17-5-3-2-4-6-17;;/h2-8,12,15,18H,9-11,13-14,21H2,1H3,(H,23,25);2*1H. The van der Waals surface area contributed by atoms with Crippen molar-refractivity contribution in [2.75, 3.05) is 24.6 Å². The zero-order valence-corrected chi connectivity index (χ0v) is 17.5. The highest BCUT2D eigenvalue weighted by Gasteiger charge is 2.17. The van der Waals surface area contributed by atoms with Crippen LogP contribution in [0.2, 0.25) is 0 Å². The SMILES string of the molecule is CC1CN(c2ccc(CNC(=O)CC(N)c3ccccc3)cn2)CCO1.Cl.Cl. The van der Waals surface area contributed by atoms with E-state index in [9.17, 15) is 4.79 Å². The van der Waals surface area contributed by atoms with Crippen molar-refractivity contribution >= 4 is 36.5 Å². The lowest BCUT2D eigenvalue weighted by Crippen LogP contribution is -2.41. The number of halogens is 2. The first-order valence-electron chi connectivity index (χ1n) is 9.00. The van der Waals surface area contributed by atoms with Crippen molar-refractivity contribution in [2.24, 2.45) is 5.73 Å². The number of amides is 1. The van der Waals surface area contributed by atoms with E-state index in [2.05, 4.69) is 22.1 Å². The lowest BCUT2D eigenvalue weighted by atomic mass is 10.0. The van der Waals surface area contributed by atoms with Crippen LogP contribution in [0.15, 0.2) is 48.7 Å². The number of hydrogen-bond acceptors (Lipinski definition) is 5. The number of ether oxygens (including phenoxy) is 1. The number of carbonyl (C=O) groups excluding carboxylic acids is 1. The monoisotopic (exact) mass is 426 g/mol. The summed E-state index contributed by atoms with van der Waals surface area (Å²) in [5, 5.41) is 2.91. The summed E-state index contributed by atoms with van der Waals surface area (Å²) in [6.45, 7) is 4.94. The Hall–Kier alpha value is -1.86. The molecule has 1 aromatic carbocycles. The van der Waals surface area contributed by atoms with Crippen LogP contribution in [-0.4, -0.2) is 36.7 Å². The summed E-state index contributed by atoms with van der Waals surface area (Å²) in [6.07, 6.45) is 2.30. The van der Waals surface area contributed by atoms with Crippen LogP contribution in [0.1, 0.15) is 30.5 Å². The molecule has 0 aliphatic carbocycles. The fraction of sp³-hybridized carbons (Fsp3) is 0.400. The molecule has 154 valence electrons. The van der Waals surface area contributed by atoms with Crippen LogP contribution in [-0.2, 0) is 16.1 Å². The van der Waals surface area contributed by atoms with E-state index >= 15 is 0 Å². The Morgan fingerprint density at radius 2 is 2.04 bits per heavy atom. The number of benzene rings is 1. The predicted molar refractivity (Wildman–Crippen MR) is 116 cm³/mol. The first-order valence-corrected chi connectivity index (χ1v) is 9.00. The van der Waals surface area contributed by atoms with Gasteiger partial charge in [0.2, 0.25) is 5.91 Å². The maximum Gasteiger partial charge on any atom is 0.222 e. The second-order valence-electron chi connectivity index (χ2n) is 6.65. The Morgan fingerprint density at radius 3 is 2.68 bits per heavy atom. The minimum atomic E-state index is -0.292. The number of hydrogen-bond donors (Lipinski definition) is 2. The quantitative estimate of drug-likeness (QED) is 0.741. The van der Waals surface area contributed by atoms with E-state index in [0.717, 1.165) is 36.6 Å². The third-order valence-corrected chi connectivity index (χ3v) is 4.50. The second kappa shape index (κ2) is 11.9. The van der Waals surface area contributed by atoms with Crippen LogP contribution < -0.4 is 16.0 Å². The molecule has 0 bridgehead atoms. The molecular weight excluding hydrogens is 399 g/mol. The second-order valence-corrected chi connectivity index (χ2v) is 6.65. The van der Waals surface area contributed by atoms with Crippen molar-refractivity contribution in [3.63, 3.8) is 0 Å².